The summed E-state index contributed by atoms with van der Waals surface area (Å²) in [5.41, 5.74) is 9.35. The Kier molecular flexibility index (Phi) is 5.86. The average Bonchev–Trinajstić information content (AvgIpc) is 3.87. The zero-order chi connectivity index (χ0) is 33.5. The van der Waals surface area contributed by atoms with Crippen LogP contribution in [-0.4, -0.2) is 19.5 Å². The molecule has 0 N–H and O–H groups in total. The molecule has 6 heteroatoms. The smallest absolute Gasteiger partial charge is 0.238 e. The topological polar surface area (TPSA) is 69.9 Å². The SMILES string of the molecule is c1ccc(-c2nc(-c3ccc4c(c3)oc3cccc(-c5cccc6oc7ccccc7c56)c34)nc(-n3c4ccccc4c4ccccc43)n2)cc1. The molecular weight excluding hydrogens is 629 g/mol. The quantitative estimate of drug-likeness (QED) is 0.189. The molecule has 0 atom stereocenters. The van der Waals surface area contributed by atoms with E-state index in [2.05, 4.69) is 102 Å². The number of benzene rings is 7. The number of hydrogen-bond donors (Lipinski definition) is 0. The van der Waals surface area contributed by atoms with Crippen LogP contribution in [0.3, 0.4) is 0 Å². The van der Waals surface area contributed by atoms with Crippen molar-refractivity contribution in [2.75, 3.05) is 0 Å². The van der Waals surface area contributed by atoms with Gasteiger partial charge in [-0.05, 0) is 53.6 Å². The van der Waals surface area contributed by atoms with E-state index in [1.54, 1.807) is 0 Å². The first-order chi connectivity index (χ1) is 25.3. The molecular formula is C45H26N4O2. The summed E-state index contributed by atoms with van der Waals surface area (Å²) in [6, 6.07) is 53.8. The first-order valence-electron chi connectivity index (χ1n) is 16.9. The van der Waals surface area contributed by atoms with Gasteiger partial charge in [-0.15, -0.1) is 0 Å². The Morgan fingerprint density at radius 1 is 0.373 bits per heavy atom. The van der Waals surface area contributed by atoms with Crippen molar-refractivity contribution in [3.8, 4) is 39.9 Å². The predicted molar refractivity (Wildman–Crippen MR) is 205 cm³/mol. The highest BCUT2D eigenvalue weighted by molar-refractivity contribution is 6.19. The van der Waals surface area contributed by atoms with Crippen LogP contribution in [0.4, 0.5) is 0 Å². The molecule has 6 nitrogen and oxygen atoms in total. The van der Waals surface area contributed by atoms with E-state index in [0.29, 0.717) is 17.6 Å². The fourth-order valence-electron chi connectivity index (χ4n) is 7.64. The Bertz CT molecular complexity index is 3100. The highest BCUT2D eigenvalue weighted by Gasteiger charge is 2.20. The molecule has 0 saturated carbocycles. The largest absolute Gasteiger partial charge is 0.456 e. The van der Waals surface area contributed by atoms with E-state index in [0.717, 1.165) is 87.9 Å². The Balaban J connectivity index is 1.13. The molecule has 0 amide bonds. The summed E-state index contributed by atoms with van der Waals surface area (Å²) in [7, 11) is 0. The number of hydrogen-bond acceptors (Lipinski definition) is 5. The van der Waals surface area contributed by atoms with Gasteiger partial charge in [-0.3, -0.25) is 4.57 Å². The molecule has 11 aromatic rings. The van der Waals surface area contributed by atoms with Crippen LogP contribution in [0.5, 0.6) is 0 Å². The van der Waals surface area contributed by atoms with Crippen LogP contribution in [0.2, 0.25) is 0 Å². The highest BCUT2D eigenvalue weighted by Crippen LogP contribution is 2.43. The minimum atomic E-state index is 0.559. The summed E-state index contributed by atoms with van der Waals surface area (Å²) in [4.78, 5) is 15.2. The van der Waals surface area contributed by atoms with Crippen molar-refractivity contribution in [2.24, 2.45) is 0 Å². The standard InChI is InChI=1S/C45H26N4O2/c1-2-12-27(13-3-1)43-46-44(48-45(47-43)49-35-19-7-4-14-29(35)30-15-5-8-20-36(30)49)28-24-25-34-40(26-28)51-39-23-11-18-32(42(34)39)31-17-10-22-38-41(31)33-16-6-9-21-37(33)50-38/h1-26H. The maximum absolute atomic E-state index is 6.59. The minimum Gasteiger partial charge on any atom is -0.456 e. The number of rotatable bonds is 4. The zero-order valence-electron chi connectivity index (χ0n) is 27.1. The molecule has 4 aromatic heterocycles. The molecule has 0 bridgehead atoms. The average molecular weight is 655 g/mol. The first-order valence-corrected chi connectivity index (χ1v) is 16.9. The number of aromatic nitrogens is 4. The number of furan rings is 2. The monoisotopic (exact) mass is 654 g/mol. The molecule has 7 aromatic carbocycles. The van der Waals surface area contributed by atoms with Crippen molar-refractivity contribution in [1.29, 1.82) is 0 Å². The maximum Gasteiger partial charge on any atom is 0.238 e. The molecule has 4 heterocycles. The van der Waals surface area contributed by atoms with E-state index in [4.69, 9.17) is 23.8 Å². The van der Waals surface area contributed by atoms with Crippen molar-refractivity contribution in [3.05, 3.63) is 158 Å². The van der Waals surface area contributed by atoms with Crippen LogP contribution in [0.1, 0.15) is 0 Å². The third-order valence-electron chi connectivity index (χ3n) is 9.88. The van der Waals surface area contributed by atoms with Crippen LogP contribution >= 0.6 is 0 Å². The van der Waals surface area contributed by atoms with E-state index >= 15 is 0 Å². The third kappa shape index (κ3) is 4.20. The summed E-state index contributed by atoms with van der Waals surface area (Å²) < 4.78 is 15.0. The Morgan fingerprint density at radius 3 is 1.59 bits per heavy atom. The number of nitrogens with zero attached hydrogens (tertiary/aromatic N) is 4. The van der Waals surface area contributed by atoms with Crippen molar-refractivity contribution in [2.45, 2.75) is 0 Å². The Morgan fingerprint density at radius 2 is 0.902 bits per heavy atom. The lowest BCUT2D eigenvalue weighted by Crippen LogP contribution is -2.06. The van der Waals surface area contributed by atoms with E-state index in [-0.39, 0.29) is 0 Å². The highest BCUT2D eigenvalue weighted by atomic mass is 16.3. The molecule has 238 valence electrons. The van der Waals surface area contributed by atoms with Gasteiger partial charge in [0.2, 0.25) is 5.95 Å². The Hall–Kier alpha value is -7.05. The molecule has 0 fully saturated rings. The van der Waals surface area contributed by atoms with Crippen molar-refractivity contribution in [1.82, 2.24) is 19.5 Å². The molecule has 0 aliphatic rings. The molecule has 0 spiro atoms. The second-order valence-electron chi connectivity index (χ2n) is 12.8. The Labute approximate surface area is 290 Å². The zero-order valence-corrected chi connectivity index (χ0v) is 27.1. The normalized spacial score (nSPS) is 11.9. The summed E-state index contributed by atoms with van der Waals surface area (Å²) in [5.74, 6) is 1.73. The fourth-order valence-corrected chi connectivity index (χ4v) is 7.64. The van der Waals surface area contributed by atoms with Crippen molar-refractivity contribution >= 4 is 65.7 Å². The van der Waals surface area contributed by atoms with Crippen LogP contribution in [0.15, 0.2) is 167 Å². The lowest BCUT2D eigenvalue weighted by atomic mass is 9.95. The van der Waals surface area contributed by atoms with Crippen LogP contribution in [0.25, 0.3) is 106 Å². The summed E-state index contributed by atoms with van der Waals surface area (Å²) in [5, 5.41) is 6.57. The van der Waals surface area contributed by atoms with E-state index in [9.17, 15) is 0 Å². The van der Waals surface area contributed by atoms with Gasteiger partial charge in [-0.25, -0.2) is 4.98 Å². The van der Waals surface area contributed by atoms with E-state index in [1.165, 1.54) is 0 Å². The van der Waals surface area contributed by atoms with Crippen LogP contribution in [-0.2, 0) is 0 Å². The maximum atomic E-state index is 6.59. The summed E-state index contributed by atoms with van der Waals surface area (Å²) >= 11 is 0. The summed E-state index contributed by atoms with van der Waals surface area (Å²) in [6.07, 6.45) is 0. The van der Waals surface area contributed by atoms with Crippen molar-refractivity contribution in [3.63, 3.8) is 0 Å². The van der Waals surface area contributed by atoms with Gasteiger partial charge < -0.3 is 8.83 Å². The van der Waals surface area contributed by atoms with Crippen molar-refractivity contribution < 1.29 is 8.83 Å². The lowest BCUT2D eigenvalue weighted by Gasteiger charge is -2.11. The van der Waals surface area contributed by atoms with Crippen LogP contribution in [0, 0.1) is 0 Å². The third-order valence-corrected chi connectivity index (χ3v) is 9.88. The van der Waals surface area contributed by atoms with Gasteiger partial charge in [0.25, 0.3) is 0 Å². The molecule has 51 heavy (non-hydrogen) atoms. The van der Waals surface area contributed by atoms with Gasteiger partial charge in [0.1, 0.15) is 22.3 Å². The van der Waals surface area contributed by atoms with Gasteiger partial charge in [0, 0.05) is 43.4 Å². The molecule has 0 aliphatic heterocycles. The molecule has 0 unspecified atom stereocenters. The van der Waals surface area contributed by atoms with Gasteiger partial charge >= 0.3 is 0 Å². The van der Waals surface area contributed by atoms with Gasteiger partial charge in [0.05, 0.1) is 11.0 Å². The summed E-state index contributed by atoms with van der Waals surface area (Å²) in [6.45, 7) is 0. The predicted octanol–water partition coefficient (Wildman–Crippen LogP) is 11.8. The molecule has 0 radical (unpaired) electrons. The van der Waals surface area contributed by atoms with Gasteiger partial charge in [-0.1, -0.05) is 115 Å². The number of fused-ring (bicyclic) bond motifs is 9. The lowest BCUT2D eigenvalue weighted by molar-refractivity contribution is 0.668. The fraction of sp³-hybridized carbons (Fsp3) is 0. The van der Waals surface area contributed by atoms with Crippen LogP contribution < -0.4 is 0 Å². The van der Waals surface area contributed by atoms with Gasteiger partial charge in [0.15, 0.2) is 11.6 Å². The number of para-hydroxylation sites is 3. The molecule has 0 aliphatic carbocycles. The van der Waals surface area contributed by atoms with E-state index in [1.807, 2.05) is 60.7 Å². The second kappa shape index (κ2) is 10.7. The van der Waals surface area contributed by atoms with E-state index < -0.39 is 0 Å². The first kappa shape index (κ1) is 27.9. The second-order valence-corrected chi connectivity index (χ2v) is 12.8. The molecule has 0 saturated heterocycles. The minimum absolute atomic E-state index is 0.559. The molecule has 11 rings (SSSR count). The van der Waals surface area contributed by atoms with Gasteiger partial charge in [-0.2, -0.15) is 9.97 Å².